The van der Waals surface area contributed by atoms with Crippen LogP contribution in [0, 0.1) is 0 Å². The van der Waals surface area contributed by atoms with Gasteiger partial charge in [0.05, 0.1) is 23.7 Å². The fourth-order valence-corrected chi connectivity index (χ4v) is 2.85. The number of alkyl carbamates (subject to hydrolysis) is 1. The molecule has 11 heteroatoms. The van der Waals surface area contributed by atoms with Gasteiger partial charge in [-0.3, -0.25) is 15.0 Å². The number of amides is 2. The van der Waals surface area contributed by atoms with E-state index in [4.69, 9.17) is 11.6 Å². The van der Waals surface area contributed by atoms with Crippen molar-refractivity contribution >= 4 is 29.4 Å². The van der Waals surface area contributed by atoms with Gasteiger partial charge < -0.3 is 9.64 Å². The molecule has 0 radical (unpaired) electrons. The molecule has 2 heterocycles. The number of nitrogens with zero attached hydrogens (tertiary/aromatic N) is 3. The molecule has 7 nitrogen and oxygen atoms in total. The SMILES string of the molecule is COC(=O)NC(=O)[C@H](C)N1CCN(c2ncc(C(F)(F)F)cc2Cl)CC1. The number of ether oxygens (including phenoxy) is 1. The third kappa shape index (κ3) is 4.76. The highest BCUT2D eigenvalue weighted by atomic mass is 35.5. The largest absolute Gasteiger partial charge is 0.453 e. The maximum atomic E-state index is 12.7. The zero-order chi connectivity index (χ0) is 19.5. The van der Waals surface area contributed by atoms with Crippen molar-refractivity contribution in [1.82, 2.24) is 15.2 Å². The maximum Gasteiger partial charge on any atom is 0.417 e. The summed E-state index contributed by atoms with van der Waals surface area (Å²) in [6, 6.07) is 0.287. The monoisotopic (exact) mass is 394 g/mol. The predicted octanol–water partition coefficient (Wildman–Crippen LogP) is 2.15. The molecule has 0 unspecified atom stereocenters. The molecule has 0 aromatic carbocycles. The first-order chi connectivity index (χ1) is 12.1. The second kappa shape index (κ2) is 8.09. The fourth-order valence-electron chi connectivity index (χ4n) is 2.56. The van der Waals surface area contributed by atoms with Crippen LogP contribution in [0.1, 0.15) is 12.5 Å². The number of halogens is 4. The number of aromatic nitrogens is 1. The van der Waals surface area contributed by atoms with Gasteiger partial charge in [-0.25, -0.2) is 9.78 Å². The molecule has 1 saturated heterocycles. The number of nitrogens with one attached hydrogen (secondary N) is 1. The number of alkyl halides is 3. The highest BCUT2D eigenvalue weighted by molar-refractivity contribution is 6.33. The molecule has 144 valence electrons. The number of carbonyl (C=O) groups is 2. The molecule has 0 bridgehead atoms. The first kappa shape index (κ1) is 20.2. The van der Waals surface area contributed by atoms with E-state index < -0.39 is 29.8 Å². The summed E-state index contributed by atoms with van der Waals surface area (Å²) in [5.74, 6) is -0.220. The number of hydrogen-bond donors (Lipinski definition) is 1. The van der Waals surface area contributed by atoms with Gasteiger partial charge in [0.25, 0.3) is 0 Å². The van der Waals surface area contributed by atoms with Crippen molar-refractivity contribution < 1.29 is 27.5 Å². The van der Waals surface area contributed by atoms with E-state index in [1.807, 2.05) is 4.90 Å². The molecular formula is C15H18ClF3N4O3. The molecule has 2 amide bonds. The maximum absolute atomic E-state index is 12.7. The first-order valence-corrected chi connectivity index (χ1v) is 8.12. The van der Waals surface area contributed by atoms with E-state index in [0.29, 0.717) is 26.2 Å². The Labute approximate surface area is 153 Å². The Bertz CT molecular complexity index is 679. The van der Waals surface area contributed by atoms with Crippen molar-refractivity contribution in [2.24, 2.45) is 0 Å². The molecule has 1 aliphatic rings. The van der Waals surface area contributed by atoms with Crippen LogP contribution in [0.15, 0.2) is 12.3 Å². The van der Waals surface area contributed by atoms with Crippen LogP contribution < -0.4 is 10.2 Å². The summed E-state index contributed by atoms with van der Waals surface area (Å²) in [6.45, 7) is 3.41. The van der Waals surface area contributed by atoms with Crippen LogP contribution in [0.3, 0.4) is 0 Å². The zero-order valence-electron chi connectivity index (χ0n) is 14.1. The number of piperazine rings is 1. The van der Waals surface area contributed by atoms with Gasteiger partial charge in [-0.1, -0.05) is 11.6 Å². The average molecular weight is 395 g/mol. The lowest BCUT2D eigenvalue weighted by Gasteiger charge is -2.38. The molecule has 0 aliphatic carbocycles. The Balaban J connectivity index is 1.98. The number of methoxy groups -OCH3 is 1. The minimum Gasteiger partial charge on any atom is -0.453 e. The minimum absolute atomic E-state index is 0.0789. The van der Waals surface area contributed by atoms with Crippen molar-refractivity contribution in [3.8, 4) is 0 Å². The van der Waals surface area contributed by atoms with E-state index in [1.54, 1.807) is 11.8 Å². The van der Waals surface area contributed by atoms with Gasteiger partial charge in [0.2, 0.25) is 5.91 Å². The van der Waals surface area contributed by atoms with Gasteiger partial charge in [0.15, 0.2) is 0 Å². The summed E-state index contributed by atoms with van der Waals surface area (Å²) in [5.41, 5.74) is -0.905. The Kier molecular flexibility index (Phi) is 6.30. The molecular weight excluding hydrogens is 377 g/mol. The second-order valence-electron chi connectivity index (χ2n) is 5.71. The number of hydrogen-bond acceptors (Lipinski definition) is 6. The highest BCUT2D eigenvalue weighted by Crippen LogP contribution is 2.33. The van der Waals surface area contributed by atoms with Crippen LogP contribution >= 0.6 is 11.6 Å². The molecule has 0 saturated carbocycles. The lowest BCUT2D eigenvalue weighted by Crippen LogP contribution is -2.54. The van der Waals surface area contributed by atoms with Gasteiger partial charge in [-0.15, -0.1) is 0 Å². The van der Waals surface area contributed by atoms with Gasteiger partial charge in [0.1, 0.15) is 5.82 Å². The van der Waals surface area contributed by atoms with Crippen LogP contribution in [0.5, 0.6) is 0 Å². The number of rotatable bonds is 3. The fraction of sp³-hybridized carbons (Fsp3) is 0.533. The molecule has 1 aromatic heterocycles. The van der Waals surface area contributed by atoms with Crippen molar-refractivity contribution in [3.05, 3.63) is 22.8 Å². The van der Waals surface area contributed by atoms with E-state index in [2.05, 4.69) is 15.0 Å². The summed E-state index contributed by atoms with van der Waals surface area (Å²) in [6.07, 6.45) is -4.59. The molecule has 1 aliphatic heterocycles. The van der Waals surface area contributed by atoms with E-state index in [0.717, 1.165) is 19.4 Å². The number of anilines is 1. The van der Waals surface area contributed by atoms with Crippen molar-refractivity contribution in [3.63, 3.8) is 0 Å². The van der Waals surface area contributed by atoms with Gasteiger partial charge in [-0.05, 0) is 13.0 Å². The predicted molar refractivity (Wildman–Crippen MR) is 88.0 cm³/mol. The Morgan fingerprint density at radius 2 is 1.92 bits per heavy atom. The van der Waals surface area contributed by atoms with E-state index in [1.165, 1.54) is 0 Å². The number of imide groups is 1. The van der Waals surface area contributed by atoms with Crippen molar-refractivity contribution in [1.29, 1.82) is 0 Å². The summed E-state index contributed by atoms with van der Waals surface area (Å²) in [4.78, 5) is 30.5. The van der Waals surface area contributed by atoms with Crippen LogP contribution in [0.25, 0.3) is 0 Å². The van der Waals surface area contributed by atoms with Gasteiger partial charge >= 0.3 is 12.3 Å². The number of pyridine rings is 1. The van der Waals surface area contributed by atoms with E-state index in [9.17, 15) is 22.8 Å². The Morgan fingerprint density at radius 1 is 1.31 bits per heavy atom. The lowest BCUT2D eigenvalue weighted by atomic mass is 10.2. The minimum atomic E-state index is -4.50. The van der Waals surface area contributed by atoms with Gasteiger partial charge in [-0.2, -0.15) is 13.2 Å². The average Bonchev–Trinajstić information content (AvgIpc) is 2.60. The normalized spacial score (nSPS) is 16.9. The van der Waals surface area contributed by atoms with E-state index >= 15 is 0 Å². The smallest absolute Gasteiger partial charge is 0.417 e. The second-order valence-corrected chi connectivity index (χ2v) is 6.11. The Morgan fingerprint density at radius 3 is 2.42 bits per heavy atom. The molecule has 0 spiro atoms. The van der Waals surface area contributed by atoms with Crippen molar-refractivity contribution in [2.75, 3.05) is 38.2 Å². The third-order valence-corrected chi connectivity index (χ3v) is 4.38. The zero-order valence-corrected chi connectivity index (χ0v) is 14.9. The van der Waals surface area contributed by atoms with Crippen LogP contribution in [0.4, 0.5) is 23.8 Å². The van der Waals surface area contributed by atoms with Crippen LogP contribution in [-0.4, -0.2) is 61.2 Å². The van der Waals surface area contributed by atoms with E-state index in [-0.39, 0.29) is 10.8 Å². The first-order valence-electron chi connectivity index (χ1n) is 7.74. The highest BCUT2D eigenvalue weighted by Gasteiger charge is 2.33. The third-order valence-electron chi connectivity index (χ3n) is 4.10. The molecule has 2 rings (SSSR count). The van der Waals surface area contributed by atoms with Gasteiger partial charge in [0, 0.05) is 32.4 Å². The summed E-state index contributed by atoms with van der Waals surface area (Å²) < 4.78 is 42.4. The summed E-state index contributed by atoms with van der Waals surface area (Å²) in [7, 11) is 1.16. The lowest BCUT2D eigenvalue weighted by molar-refractivity contribution is -0.137. The molecule has 1 aromatic rings. The molecule has 1 fully saturated rings. The summed E-state index contributed by atoms with van der Waals surface area (Å²) >= 11 is 5.96. The Hall–Kier alpha value is -2.07. The molecule has 1 atom stereocenters. The standard InChI is InChI=1S/C15H18ClF3N4O3/c1-9(13(24)21-14(25)26-2)22-3-5-23(6-4-22)12-11(16)7-10(8-20-12)15(17,18)19/h7-9H,3-6H2,1-2H3,(H,21,24,25)/t9-/m0/s1. The topological polar surface area (TPSA) is 74.8 Å². The number of carbonyl (C=O) groups excluding carboxylic acids is 2. The summed E-state index contributed by atoms with van der Waals surface area (Å²) in [5, 5.41) is 2.02. The van der Waals surface area contributed by atoms with Crippen LogP contribution in [0.2, 0.25) is 5.02 Å². The van der Waals surface area contributed by atoms with Crippen molar-refractivity contribution in [2.45, 2.75) is 19.1 Å². The quantitative estimate of drug-likeness (QED) is 0.846. The molecule has 1 N–H and O–H groups in total. The molecule has 26 heavy (non-hydrogen) atoms. The van der Waals surface area contributed by atoms with Crippen LogP contribution in [-0.2, 0) is 15.7 Å².